The molecule has 4 N–H and O–H groups in total. The van der Waals surface area contributed by atoms with Gasteiger partial charge in [0.1, 0.15) is 0 Å². The van der Waals surface area contributed by atoms with Gasteiger partial charge in [0.25, 0.3) is 5.91 Å². The van der Waals surface area contributed by atoms with Crippen molar-refractivity contribution in [3.05, 3.63) is 23.8 Å². The molecule has 1 amide bonds. The summed E-state index contributed by atoms with van der Waals surface area (Å²) in [5.74, 6) is 0.552. The first kappa shape index (κ1) is 14.7. The van der Waals surface area contributed by atoms with Crippen molar-refractivity contribution in [2.75, 3.05) is 37.4 Å². The minimum absolute atomic E-state index is 0.0702. The number of carbonyl (C=O) groups excluding carboxylic acids is 1. The standard InChI is InChI=1S/C15H23N3O2/c1-2-17-15(19)13-4-3-12(16)9-14(13)18-7-5-11-6-8-20-10-11/h3-4,9,11,18H,2,5-8,10,16H2,1H3,(H,17,19). The molecule has 0 saturated carbocycles. The number of nitrogen functional groups attached to an aromatic ring is 1. The molecule has 1 aromatic carbocycles. The maximum absolute atomic E-state index is 12.0. The van der Waals surface area contributed by atoms with Crippen molar-refractivity contribution in [1.82, 2.24) is 5.32 Å². The van der Waals surface area contributed by atoms with Crippen LogP contribution in [0.2, 0.25) is 0 Å². The van der Waals surface area contributed by atoms with Crippen LogP contribution in [-0.2, 0) is 4.74 Å². The number of ether oxygens (including phenoxy) is 1. The Hall–Kier alpha value is -1.75. The second kappa shape index (κ2) is 7.14. The van der Waals surface area contributed by atoms with Crippen LogP contribution in [0.1, 0.15) is 30.1 Å². The molecule has 20 heavy (non-hydrogen) atoms. The summed E-state index contributed by atoms with van der Waals surface area (Å²) < 4.78 is 5.36. The van der Waals surface area contributed by atoms with Gasteiger partial charge in [-0.05, 0) is 43.9 Å². The number of benzene rings is 1. The normalized spacial score (nSPS) is 17.9. The van der Waals surface area contributed by atoms with Crippen LogP contribution in [0, 0.1) is 5.92 Å². The third-order valence-corrected chi connectivity index (χ3v) is 3.52. The lowest BCUT2D eigenvalue weighted by atomic mass is 10.0. The van der Waals surface area contributed by atoms with E-state index in [-0.39, 0.29) is 5.91 Å². The molecule has 1 fully saturated rings. The predicted molar refractivity (Wildman–Crippen MR) is 80.9 cm³/mol. The number of hydrogen-bond acceptors (Lipinski definition) is 4. The van der Waals surface area contributed by atoms with E-state index in [0.717, 1.165) is 38.3 Å². The molecule has 0 radical (unpaired) electrons. The Labute approximate surface area is 119 Å². The van der Waals surface area contributed by atoms with E-state index in [1.807, 2.05) is 13.0 Å². The van der Waals surface area contributed by atoms with Crippen LogP contribution in [0.25, 0.3) is 0 Å². The lowest BCUT2D eigenvalue weighted by Crippen LogP contribution is -2.24. The van der Waals surface area contributed by atoms with Crippen molar-refractivity contribution in [3.63, 3.8) is 0 Å². The van der Waals surface area contributed by atoms with Crippen LogP contribution in [0.4, 0.5) is 11.4 Å². The monoisotopic (exact) mass is 277 g/mol. The molecule has 1 saturated heterocycles. The smallest absolute Gasteiger partial charge is 0.253 e. The summed E-state index contributed by atoms with van der Waals surface area (Å²) in [6, 6.07) is 5.33. The van der Waals surface area contributed by atoms with E-state index in [0.29, 0.717) is 23.7 Å². The number of anilines is 2. The fraction of sp³-hybridized carbons (Fsp3) is 0.533. The summed E-state index contributed by atoms with van der Waals surface area (Å²) in [6.07, 6.45) is 2.17. The van der Waals surface area contributed by atoms with Crippen molar-refractivity contribution < 1.29 is 9.53 Å². The molecule has 0 bridgehead atoms. The van der Waals surface area contributed by atoms with Crippen LogP contribution < -0.4 is 16.4 Å². The Balaban J connectivity index is 1.97. The molecule has 5 nitrogen and oxygen atoms in total. The van der Waals surface area contributed by atoms with Crippen LogP contribution in [0.3, 0.4) is 0 Å². The minimum Gasteiger partial charge on any atom is -0.399 e. The SMILES string of the molecule is CCNC(=O)c1ccc(N)cc1NCCC1CCOC1. The van der Waals surface area contributed by atoms with Crippen LogP contribution >= 0.6 is 0 Å². The van der Waals surface area contributed by atoms with Gasteiger partial charge in [-0.25, -0.2) is 0 Å². The van der Waals surface area contributed by atoms with E-state index in [1.165, 1.54) is 0 Å². The second-order valence-corrected chi connectivity index (χ2v) is 5.11. The Morgan fingerprint density at radius 3 is 3.05 bits per heavy atom. The van der Waals surface area contributed by atoms with Crippen LogP contribution in [0.5, 0.6) is 0 Å². The van der Waals surface area contributed by atoms with Gasteiger partial charge in [0.05, 0.1) is 5.56 Å². The lowest BCUT2D eigenvalue weighted by molar-refractivity contribution is 0.0956. The van der Waals surface area contributed by atoms with Crippen molar-refractivity contribution in [3.8, 4) is 0 Å². The van der Waals surface area contributed by atoms with Gasteiger partial charge in [-0.15, -0.1) is 0 Å². The van der Waals surface area contributed by atoms with E-state index in [1.54, 1.807) is 12.1 Å². The zero-order chi connectivity index (χ0) is 14.4. The molecule has 2 rings (SSSR count). The zero-order valence-electron chi connectivity index (χ0n) is 11.9. The van der Waals surface area contributed by atoms with Crippen LogP contribution in [0.15, 0.2) is 18.2 Å². The van der Waals surface area contributed by atoms with Gasteiger partial charge in [0, 0.05) is 37.7 Å². The second-order valence-electron chi connectivity index (χ2n) is 5.11. The Morgan fingerprint density at radius 2 is 2.35 bits per heavy atom. The van der Waals surface area contributed by atoms with Gasteiger partial charge < -0.3 is 21.1 Å². The molecule has 1 aromatic rings. The maximum Gasteiger partial charge on any atom is 0.253 e. The molecule has 1 atom stereocenters. The number of nitrogens with two attached hydrogens (primary N) is 1. The number of nitrogens with one attached hydrogen (secondary N) is 2. The molecule has 1 heterocycles. The van der Waals surface area contributed by atoms with E-state index in [9.17, 15) is 4.79 Å². The first-order chi connectivity index (χ1) is 9.70. The van der Waals surface area contributed by atoms with Crippen LogP contribution in [-0.4, -0.2) is 32.2 Å². The highest BCUT2D eigenvalue weighted by Gasteiger charge is 2.16. The van der Waals surface area contributed by atoms with Crippen molar-refractivity contribution in [2.24, 2.45) is 5.92 Å². The first-order valence-corrected chi connectivity index (χ1v) is 7.20. The highest BCUT2D eigenvalue weighted by atomic mass is 16.5. The molecule has 1 aliphatic rings. The zero-order valence-corrected chi connectivity index (χ0v) is 11.9. The minimum atomic E-state index is -0.0702. The number of amides is 1. The molecule has 110 valence electrons. The summed E-state index contributed by atoms with van der Waals surface area (Å²) in [4.78, 5) is 12.0. The summed E-state index contributed by atoms with van der Waals surface area (Å²) in [7, 11) is 0. The maximum atomic E-state index is 12.0. The molecule has 0 spiro atoms. The first-order valence-electron chi connectivity index (χ1n) is 7.20. The topological polar surface area (TPSA) is 76.4 Å². The molecule has 0 aromatic heterocycles. The highest BCUT2D eigenvalue weighted by Crippen LogP contribution is 2.21. The van der Waals surface area contributed by atoms with Gasteiger partial charge in [0.2, 0.25) is 0 Å². The Bertz CT molecular complexity index is 456. The van der Waals surface area contributed by atoms with Crippen molar-refractivity contribution in [1.29, 1.82) is 0 Å². The molecule has 1 unspecified atom stereocenters. The van der Waals surface area contributed by atoms with Gasteiger partial charge >= 0.3 is 0 Å². The fourth-order valence-electron chi connectivity index (χ4n) is 2.38. The lowest BCUT2D eigenvalue weighted by Gasteiger charge is -2.14. The largest absolute Gasteiger partial charge is 0.399 e. The third-order valence-electron chi connectivity index (χ3n) is 3.52. The van der Waals surface area contributed by atoms with E-state index < -0.39 is 0 Å². The fourth-order valence-corrected chi connectivity index (χ4v) is 2.38. The predicted octanol–water partition coefficient (Wildman–Crippen LogP) is 1.86. The van der Waals surface area contributed by atoms with E-state index in [4.69, 9.17) is 10.5 Å². The number of hydrogen-bond donors (Lipinski definition) is 3. The van der Waals surface area contributed by atoms with Gasteiger partial charge in [-0.3, -0.25) is 4.79 Å². The summed E-state index contributed by atoms with van der Waals surface area (Å²) in [5, 5.41) is 6.14. The summed E-state index contributed by atoms with van der Waals surface area (Å²) in [5.41, 5.74) is 7.90. The van der Waals surface area contributed by atoms with Gasteiger partial charge in [-0.1, -0.05) is 0 Å². The summed E-state index contributed by atoms with van der Waals surface area (Å²) >= 11 is 0. The highest BCUT2D eigenvalue weighted by molar-refractivity contribution is 6.00. The van der Waals surface area contributed by atoms with Crippen molar-refractivity contribution in [2.45, 2.75) is 19.8 Å². The Kier molecular flexibility index (Phi) is 5.24. The average Bonchev–Trinajstić information content (AvgIpc) is 2.92. The Morgan fingerprint density at radius 1 is 1.50 bits per heavy atom. The van der Waals surface area contributed by atoms with Crippen molar-refractivity contribution >= 4 is 17.3 Å². The quantitative estimate of drug-likeness (QED) is 0.694. The molecule has 0 aliphatic carbocycles. The number of rotatable bonds is 6. The van der Waals surface area contributed by atoms with Gasteiger partial charge in [0.15, 0.2) is 0 Å². The van der Waals surface area contributed by atoms with E-state index in [2.05, 4.69) is 10.6 Å². The summed E-state index contributed by atoms with van der Waals surface area (Å²) in [6.45, 7) is 5.06. The molecular weight excluding hydrogens is 254 g/mol. The molecule has 5 heteroatoms. The van der Waals surface area contributed by atoms with E-state index >= 15 is 0 Å². The molecule has 1 aliphatic heterocycles. The van der Waals surface area contributed by atoms with Gasteiger partial charge in [-0.2, -0.15) is 0 Å². The third kappa shape index (κ3) is 3.87. The average molecular weight is 277 g/mol. The molecular formula is C15H23N3O2. The number of carbonyl (C=O) groups is 1.